The second-order valence-corrected chi connectivity index (χ2v) is 8.32. The van der Waals surface area contributed by atoms with E-state index in [-0.39, 0.29) is 0 Å². The summed E-state index contributed by atoms with van der Waals surface area (Å²) in [6.07, 6.45) is 1.92. The lowest BCUT2D eigenvalue weighted by Crippen LogP contribution is -2.30. The molecule has 5 heteroatoms. The van der Waals surface area contributed by atoms with E-state index in [1.54, 1.807) is 18.4 Å². The normalized spacial score (nSPS) is 11.9. The molecule has 0 bridgehead atoms. The van der Waals surface area contributed by atoms with E-state index < -0.39 is 0 Å². The maximum atomic E-state index is 6.03. The van der Waals surface area contributed by atoms with Crippen molar-refractivity contribution in [1.82, 2.24) is 0 Å². The third-order valence-electron chi connectivity index (χ3n) is 5.58. The van der Waals surface area contributed by atoms with E-state index in [1.165, 1.54) is 21.2 Å². The zero-order chi connectivity index (χ0) is 21.4. The van der Waals surface area contributed by atoms with Gasteiger partial charge < -0.3 is 14.1 Å². The zero-order valence-corrected chi connectivity index (χ0v) is 18.5. The van der Waals surface area contributed by atoms with Gasteiger partial charge in [-0.05, 0) is 35.2 Å². The van der Waals surface area contributed by atoms with Gasteiger partial charge in [0.15, 0.2) is 0 Å². The predicted molar refractivity (Wildman–Crippen MR) is 128 cm³/mol. The Morgan fingerprint density at radius 3 is 2.68 bits per heavy atom. The number of thiophene rings is 1. The van der Waals surface area contributed by atoms with Crippen LogP contribution in [0, 0.1) is 0 Å². The molecular weight excluding hydrogens is 404 g/mol. The van der Waals surface area contributed by atoms with Gasteiger partial charge in [-0.25, -0.2) is 0 Å². The van der Waals surface area contributed by atoms with Crippen molar-refractivity contribution in [3.05, 3.63) is 90.0 Å². The fourth-order valence-electron chi connectivity index (χ4n) is 3.86. The van der Waals surface area contributed by atoms with Crippen LogP contribution in [0.4, 0.5) is 5.69 Å². The van der Waals surface area contributed by atoms with Gasteiger partial charge in [-0.2, -0.15) is 4.57 Å². The molecule has 2 aromatic heterocycles. The lowest BCUT2D eigenvalue weighted by molar-refractivity contribution is -0.652. The maximum Gasteiger partial charge on any atom is 0.379 e. The molecule has 0 aliphatic rings. The van der Waals surface area contributed by atoms with Gasteiger partial charge in [0.05, 0.1) is 7.11 Å². The van der Waals surface area contributed by atoms with Crippen molar-refractivity contribution in [3.8, 4) is 11.1 Å². The Morgan fingerprint density at radius 2 is 1.84 bits per heavy atom. The van der Waals surface area contributed by atoms with Crippen molar-refractivity contribution in [1.29, 1.82) is 0 Å². The summed E-state index contributed by atoms with van der Waals surface area (Å²) in [5.74, 6) is 1.42. The van der Waals surface area contributed by atoms with Crippen LogP contribution in [0.25, 0.3) is 38.4 Å². The van der Waals surface area contributed by atoms with Crippen LogP contribution >= 0.6 is 11.3 Å². The standard InChI is InChI=1S/C26H23N2O2S/c1-27(25(29-3)16-26-28(2)22-12-5-6-13-23(22)30-26)19-10-8-9-18(15-19)21-17-31-24-14-7-4-11-20(21)24/h4-17H,1-3H3/q+1. The van der Waals surface area contributed by atoms with E-state index >= 15 is 0 Å². The fraction of sp³-hybridized carbons (Fsp3) is 0.115. The summed E-state index contributed by atoms with van der Waals surface area (Å²) in [6.45, 7) is 0. The highest BCUT2D eigenvalue weighted by molar-refractivity contribution is 7.17. The van der Waals surface area contributed by atoms with Gasteiger partial charge in [-0.3, -0.25) is 0 Å². The van der Waals surface area contributed by atoms with Gasteiger partial charge in [0.1, 0.15) is 13.1 Å². The molecule has 3 aromatic carbocycles. The molecule has 5 rings (SSSR count). The summed E-state index contributed by atoms with van der Waals surface area (Å²) >= 11 is 1.77. The van der Waals surface area contributed by atoms with Crippen molar-refractivity contribution >= 4 is 44.3 Å². The molecule has 0 aliphatic carbocycles. The van der Waals surface area contributed by atoms with E-state index in [1.807, 2.05) is 53.9 Å². The molecule has 0 N–H and O–H groups in total. The monoisotopic (exact) mass is 427 g/mol. The van der Waals surface area contributed by atoms with Gasteiger partial charge in [-0.1, -0.05) is 42.5 Å². The highest BCUT2D eigenvalue weighted by atomic mass is 32.1. The first-order chi connectivity index (χ1) is 15.2. The second kappa shape index (κ2) is 7.93. The lowest BCUT2D eigenvalue weighted by Gasteiger charge is -2.21. The van der Waals surface area contributed by atoms with Gasteiger partial charge in [0.25, 0.3) is 5.52 Å². The third kappa shape index (κ3) is 3.47. The van der Waals surface area contributed by atoms with Crippen LogP contribution in [-0.4, -0.2) is 14.2 Å². The van der Waals surface area contributed by atoms with Gasteiger partial charge in [-0.15, -0.1) is 11.3 Å². The highest BCUT2D eigenvalue weighted by Gasteiger charge is 2.19. The summed E-state index contributed by atoms with van der Waals surface area (Å²) in [5, 5.41) is 3.51. The average molecular weight is 428 g/mol. The van der Waals surface area contributed by atoms with E-state index in [2.05, 4.69) is 53.9 Å². The second-order valence-electron chi connectivity index (χ2n) is 7.41. The summed E-state index contributed by atoms with van der Waals surface area (Å²) in [5.41, 5.74) is 5.37. The van der Waals surface area contributed by atoms with Crippen LogP contribution in [0.5, 0.6) is 0 Å². The average Bonchev–Trinajstić information content (AvgIpc) is 3.38. The molecule has 0 fully saturated rings. The Hall–Kier alpha value is -3.57. The summed E-state index contributed by atoms with van der Waals surface area (Å²) in [7, 11) is 5.68. The molecule has 0 atom stereocenters. The first-order valence-electron chi connectivity index (χ1n) is 10.1. The molecule has 0 unspecified atom stereocenters. The van der Waals surface area contributed by atoms with Crippen LogP contribution in [0.2, 0.25) is 0 Å². The maximum absolute atomic E-state index is 6.03. The molecule has 2 heterocycles. The smallest absolute Gasteiger partial charge is 0.379 e. The van der Waals surface area contributed by atoms with Crippen LogP contribution in [-0.2, 0) is 11.8 Å². The van der Waals surface area contributed by atoms with Crippen LogP contribution < -0.4 is 9.47 Å². The van der Waals surface area contributed by atoms with E-state index in [0.717, 1.165) is 22.7 Å². The van der Waals surface area contributed by atoms with Crippen molar-refractivity contribution in [2.24, 2.45) is 7.05 Å². The minimum atomic E-state index is 0.696. The van der Waals surface area contributed by atoms with Crippen LogP contribution in [0.3, 0.4) is 0 Å². The third-order valence-corrected chi connectivity index (χ3v) is 6.55. The number of methoxy groups -OCH3 is 1. The van der Waals surface area contributed by atoms with Crippen molar-refractivity contribution in [2.45, 2.75) is 0 Å². The van der Waals surface area contributed by atoms with E-state index in [4.69, 9.17) is 9.15 Å². The summed E-state index contributed by atoms with van der Waals surface area (Å²) in [4.78, 5) is 2.03. The lowest BCUT2D eigenvalue weighted by atomic mass is 10.0. The quantitative estimate of drug-likeness (QED) is 0.246. The van der Waals surface area contributed by atoms with Crippen molar-refractivity contribution in [2.75, 3.05) is 19.1 Å². The first-order valence-corrected chi connectivity index (χ1v) is 11.0. The van der Waals surface area contributed by atoms with Crippen molar-refractivity contribution in [3.63, 3.8) is 0 Å². The molecule has 0 radical (unpaired) electrons. The molecule has 0 saturated heterocycles. The SMILES string of the molecule is COC(=Cc1oc2ccccc2[n+]1C)N(C)c1cccc(-c2csc3ccccc23)c1. The molecule has 0 saturated carbocycles. The first kappa shape index (κ1) is 19.4. The minimum absolute atomic E-state index is 0.696. The fourth-order valence-corrected chi connectivity index (χ4v) is 4.83. The number of fused-ring (bicyclic) bond motifs is 2. The number of nitrogens with zero attached hydrogens (tertiary/aromatic N) is 2. The molecule has 31 heavy (non-hydrogen) atoms. The van der Waals surface area contributed by atoms with Gasteiger partial charge in [0.2, 0.25) is 11.5 Å². The summed E-state index contributed by atoms with van der Waals surface area (Å²) in [6, 6.07) is 25.0. The number of aryl methyl sites for hydroxylation is 1. The van der Waals surface area contributed by atoms with Crippen LogP contribution in [0.1, 0.15) is 5.89 Å². The highest BCUT2D eigenvalue weighted by Crippen LogP contribution is 2.35. The molecule has 0 amide bonds. The number of aromatic nitrogens is 1. The molecule has 0 aliphatic heterocycles. The number of ether oxygens (including phenoxy) is 1. The number of rotatable bonds is 5. The van der Waals surface area contributed by atoms with E-state index in [0.29, 0.717) is 5.88 Å². The van der Waals surface area contributed by atoms with Gasteiger partial charge in [0, 0.05) is 34.5 Å². The minimum Gasteiger partial charge on any atom is -0.482 e. The Bertz CT molecular complexity index is 1410. The van der Waals surface area contributed by atoms with Gasteiger partial charge >= 0.3 is 5.89 Å². The Labute approximate surface area is 185 Å². The number of anilines is 1. The molecular formula is C26H23N2O2S+. The topological polar surface area (TPSA) is 29.5 Å². The molecule has 5 aromatic rings. The Kier molecular flexibility index (Phi) is 4.96. The number of hydrogen-bond acceptors (Lipinski definition) is 4. The molecule has 4 nitrogen and oxygen atoms in total. The number of para-hydroxylation sites is 2. The predicted octanol–water partition coefficient (Wildman–Crippen LogP) is 6.22. The Morgan fingerprint density at radius 1 is 1.03 bits per heavy atom. The molecule has 0 spiro atoms. The Balaban J connectivity index is 1.52. The van der Waals surface area contributed by atoms with Crippen molar-refractivity contribution < 1.29 is 13.7 Å². The zero-order valence-electron chi connectivity index (χ0n) is 17.7. The number of hydrogen-bond donors (Lipinski definition) is 0. The summed E-state index contributed by atoms with van der Waals surface area (Å²) < 4.78 is 15.1. The number of oxazole rings is 1. The van der Waals surface area contributed by atoms with E-state index in [9.17, 15) is 0 Å². The largest absolute Gasteiger partial charge is 0.482 e. The van der Waals surface area contributed by atoms with Crippen LogP contribution in [0.15, 0.2) is 88.5 Å². The molecule has 154 valence electrons. The number of benzene rings is 3.